The van der Waals surface area contributed by atoms with Gasteiger partial charge in [0.15, 0.2) is 0 Å². The fourth-order valence-corrected chi connectivity index (χ4v) is 2.56. The highest BCUT2D eigenvalue weighted by Crippen LogP contribution is 2.38. The Morgan fingerprint density at radius 1 is 1.35 bits per heavy atom. The molecule has 2 heterocycles. The van der Waals surface area contributed by atoms with Gasteiger partial charge < -0.3 is 19.6 Å². The third kappa shape index (κ3) is 2.59. The van der Waals surface area contributed by atoms with Crippen LogP contribution in [0.5, 0.6) is 11.6 Å². The molecule has 0 radical (unpaired) electrons. The van der Waals surface area contributed by atoms with Gasteiger partial charge in [-0.15, -0.1) is 0 Å². The Morgan fingerprint density at radius 3 is 2.91 bits per heavy atom. The minimum atomic E-state index is -0.468. The molecule has 0 spiro atoms. The van der Waals surface area contributed by atoms with Crippen molar-refractivity contribution in [3.05, 3.63) is 42.2 Å². The van der Waals surface area contributed by atoms with Crippen LogP contribution in [0.15, 0.2) is 36.5 Å². The van der Waals surface area contributed by atoms with Gasteiger partial charge in [-0.1, -0.05) is 0 Å². The van der Waals surface area contributed by atoms with E-state index in [1.54, 1.807) is 43.5 Å². The van der Waals surface area contributed by atoms with Crippen molar-refractivity contribution in [3.8, 4) is 22.8 Å². The maximum absolute atomic E-state index is 12.3. The van der Waals surface area contributed by atoms with Crippen molar-refractivity contribution in [1.29, 1.82) is 0 Å². The zero-order valence-electron chi connectivity index (χ0n) is 12.8. The first-order chi connectivity index (χ1) is 11.2. The van der Waals surface area contributed by atoms with Gasteiger partial charge in [-0.05, 0) is 37.3 Å². The number of phenols is 1. The molecule has 0 aliphatic heterocycles. The molecule has 2 N–H and O–H groups in total. The molecule has 0 saturated carbocycles. The predicted molar refractivity (Wildman–Crippen MR) is 85.7 cm³/mol. The number of aromatic nitrogens is 2. The van der Waals surface area contributed by atoms with E-state index in [0.717, 1.165) is 0 Å². The van der Waals surface area contributed by atoms with E-state index in [4.69, 9.17) is 9.47 Å². The number of pyridine rings is 1. The standard InChI is InChI=1S/C17H16N2O4/c1-3-23-17(21)15-14(11-5-4-8-18-16(11)22-2)12-9-10(20)6-7-13(12)19-15/h4-9,19-20H,3H2,1-2H3. The number of carbonyl (C=O) groups excluding carboxylic acids is 1. The number of ether oxygens (including phenoxy) is 2. The molecule has 0 aliphatic carbocycles. The second-order valence-electron chi connectivity index (χ2n) is 4.89. The van der Waals surface area contributed by atoms with Crippen LogP contribution in [0.3, 0.4) is 0 Å². The van der Waals surface area contributed by atoms with Crippen molar-refractivity contribution < 1.29 is 19.4 Å². The van der Waals surface area contributed by atoms with Gasteiger partial charge in [0.1, 0.15) is 11.4 Å². The Kier molecular flexibility index (Phi) is 3.89. The number of benzene rings is 1. The predicted octanol–water partition coefficient (Wildman–Crippen LogP) is 3.12. The molecule has 6 nitrogen and oxygen atoms in total. The number of phenolic OH excluding ortho intramolecular Hbond substituents is 1. The average Bonchev–Trinajstić information content (AvgIpc) is 2.93. The summed E-state index contributed by atoms with van der Waals surface area (Å²) in [6, 6.07) is 8.42. The molecule has 6 heteroatoms. The molecule has 1 aromatic carbocycles. The van der Waals surface area contributed by atoms with Crippen molar-refractivity contribution >= 4 is 16.9 Å². The molecule has 0 fully saturated rings. The van der Waals surface area contributed by atoms with E-state index in [1.807, 2.05) is 0 Å². The Hall–Kier alpha value is -3.02. The number of fused-ring (bicyclic) bond motifs is 1. The lowest BCUT2D eigenvalue weighted by atomic mass is 10.0. The van der Waals surface area contributed by atoms with Gasteiger partial charge in [-0.3, -0.25) is 0 Å². The minimum absolute atomic E-state index is 0.107. The van der Waals surface area contributed by atoms with E-state index in [2.05, 4.69) is 9.97 Å². The zero-order chi connectivity index (χ0) is 16.4. The van der Waals surface area contributed by atoms with Crippen LogP contribution in [0, 0.1) is 0 Å². The highest BCUT2D eigenvalue weighted by Gasteiger charge is 2.23. The number of nitrogens with zero attached hydrogens (tertiary/aromatic N) is 1. The highest BCUT2D eigenvalue weighted by atomic mass is 16.5. The number of hydrogen-bond donors (Lipinski definition) is 2. The van der Waals surface area contributed by atoms with Crippen molar-refractivity contribution in [2.45, 2.75) is 6.92 Å². The van der Waals surface area contributed by atoms with Crippen molar-refractivity contribution in [1.82, 2.24) is 9.97 Å². The summed E-state index contributed by atoms with van der Waals surface area (Å²) < 4.78 is 10.4. The summed E-state index contributed by atoms with van der Waals surface area (Å²) in [4.78, 5) is 19.6. The normalized spacial score (nSPS) is 10.7. The molecule has 118 valence electrons. The van der Waals surface area contributed by atoms with E-state index < -0.39 is 5.97 Å². The van der Waals surface area contributed by atoms with Crippen LogP contribution in [0.2, 0.25) is 0 Å². The van der Waals surface area contributed by atoms with Crippen molar-refractivity contribution in [2.75, 3.05) is 13.7 Å². The Balaban J connectivity index is 2.33. The maximum atomic E-state index is 12.3. The van der Waals surface area contributed by atoms with Gasteiger partial charge in [-0.2, -0.15) is 0 Å². The summed E-state index contributed by atoms with van der Waals surface area (Å²) in [6.45, 7) is 2.01. The van der Waals surface area contributed by atoms with Crippen LogP contribution in [0.25, 0.3) is 22.0 Å². The molecule has 3 aromatic rings. The smallest absolute Gasteiger partial charge is 0.355 e. The minimum Gasteiger partial charge on any atom is -0.508 e. The fraction of sp³-hybridized carbons (Fsp3) is 0.176. The van der Waals surface area contributed by atoms with E-state index in [0.29, 0.717) is 33.6 Å². The molecular formula is C17H16N2O4. The number of methoxy groups -OCH3 is 1. The van der Waals surface area contributed by atoms with Crippen LogP contribution >= 0.6 is 0 Å². The number of aromatic amines is 1. The molecule has 0 amide bonds. The van der Waals surface area contributed by atoms with Gasteiger partial charge in [0, 0.05) is 28.2 Å². The number of hydrogen-bond acceptors (Lipinski definition) is 5. The molecule has 2 aromatic heterocycles. The number of H-pyrrole nitrogens is 1. The molecule has 0 atom stereocenters. The van der Waals surface area contributed by atoms with Crippen LogP contribution in [-0.2, 0) is 4.74 Å². The second kappa shape index (κ2) is 6.00. The monoisotopic (exact) mass is 312 g/mol. The number of rotatable bonds is 4. The Bertz CT molecular complexity index is 870. The van der Waals surface area contributed by atoms with Gasteiger partial charge in [0.2, 0.25) is 5.88 Å². The number of carbonyl (C=O) groups is 1. The number of esters is 1. The quantitative estimate of drug-likeness (QED) is 0.723. The van der Waals surface area contributed by atoms with Crippen molar-refractivity contribution in [2.24, 2.45) is 0 Å². The SMILES string of the molecule is CCOC(=O)c1[nH]c2ccc(O)cc2c1-c1cccnc1OC. The summed E-state index contributed by atoms with van der Waals surface area (Å²) in [5, 5.41) is 10.5. The third-order valence-corrected chi connectivity index (χ3v) is 3.50. The summed E-state index contributed by atoms with van der Waals surface area (Å²) in [6.07, 6.45) is 1.61. The largest absolute Gasteiger partial charge is 0.508 e. The van der Waals surface area contributed by atoms with E-state index in [9.17, 15) is 9.90 Å². The molecule has 23 heavy (non-hydrogen) atoms. The maximum Gasteiger partial charge on any atom is 0.355 e. The lowest BCUT2D eigenvalue weighted by Crippen LogP contribution is -2.06. The number of nitrogens with one attached hydrogen (secondary N) is 1. The van der Waals surface area contributed by atoms with E-state index in [1.165, 1.54) is 7.11 Å². The van der Waals surface area contributed by atoms with Gasteiger partial charge >= 0.3 is 5.97 Å². The van der Waals surface area contributed by atoms with Gasteiger partial charge in [0.05, 0.1) is 13.7 Å². The van der Waals surface area contributed by atoms with Crippen LogP contribution in [-0.4, -0.2) is 34.8 Å². The fourth-order valence-electron chi connectivity index (χ4n) is 2.56. The summed E-state index contributed by atoms with van der Waals surface area (Å²) in [7, 11) is 1.52. The van der Waals surface area contributed by atoms with Gasteiger partial charge in [-0.25, -0.2) is 9.78 Å². The lowest BCUT2D eigenvalue weighted by Gasteiger charge is -2.08. The summed E-state index contributed by atoms with van der Waals surface area (Å²) in [5.74, 6) is 0.0300. The molecule has 0 bridgehead atoms. The molecule has 0 aliphatic rings. The molecule has 3 rings (SSSR count). The third-order valence-electron chi connectivity index (χ3n) is 3.50. The highest BCUT2D eigenvalue weighted by molar-refractivity contribution is 6.09. The summed E-state index contributed by atoms with van der Waals surface area (Å²) >= 11 is 0. The first-order valence-corrected chi connectivity index (χ1v) is 7.17. The second-order valence-corrected chi connectivity index (χ2v) is 4.89. The average molecular weight is 312 g/mol. The zero-order valence-corrected chi connectivity index (χ0v) is 12.8. The molecule has 0 saturated heterocycles. The van der Waals surface area contributed by atoms with Crippen LogP contribution in [0.4, 0.5) is 0 Å². The van der Waals surface area contributed by atoms with Gasteiger partial charge in [0.25, 0.3) is 0 Å². The number of aromatic hydroxyl groups is 1. The first kappa shape index (κ1) is 14.9. The Labute approximate surface area is 132 Å². The van der Waals surface area contributed by atoms with Crippen LogP contribution in [0.1, 0.15) is 17.4 Å². The first-order valence-electron chi connectivity index (χ1n) is 7.17. The van der Waals surface area contributed by atoms with E-state index >= 15 is 0 Å². The Morgan fingerprint density at radius 2 is 2.17 bits per heavy atom. The topological polar surface area (TPSA) is 84.4 Å². The summed E-state index contributed by atoms with van der Waals surface area (Å²) in [5.41, 5.74) is 2.26. The van der Waals surface area contributed by atoms with Crippen molar-refractivity contribution in [3.63, 3.8) is 0 Å². The van der Waals surface area contributed by atoms with Crippen LogP contribution < -0.4 is 4.74 Å². The molecule has 0 unspecified atom stereocenters. The van der Waals surface area contributed by atoms with E-state index in [-0.39, 0.29) is 12.4 Å². The lowest BCUT2D eigenvalue weighted by molar-refractivity contribution is 0.0521. The molecular weight excluding hydrogens is 296 g/mol.